The van der Waals surface area contributed by atoms with Crippen molar-refractivity contribution >= 4 is 26.0 Å². The lowest BCUT2D eigenvalue weighted by Crippen LogP contribution is -1.95. The second-order valence-corrected chi connectivity index (χ2v) is 4.23. The summed E-state index contributed by atoms with van der Waals surface area (Å²) in [7, 11) is -0.137. The van der Waals surface area contributed by atoms with Gasteiger partial charge in [-0.05, 0) is 12.1 Å². The van der Waals surface area contributed by atoms with Crippen molar-refractivity contribution in [3.8, 4) is 5.75 Å². The molecule has 0 atom stereocenters. The molecule has 0 amide bonds. The van der Waals surface area contributed by atoms with E-state index in [1.807, 2.05) is 0 Å². The second-order valence-electron chi connectivity index (χ2n) is 2.23. The van der Waals surface area contributed by atoms with E-state index in [9.17, 15) is 4.79 Å². The topological polar surface area (TPSA) is 112 Å². The van der Waals surface area contributed by atoms with E-state index in [1.165, 1.54) is 12.1 Å². The zero-order valence-electron chi connectivity index (χ0n) is 7.16. The van der Waals surface area contributed by atoms with Crippen molar-refractivity contribution in [3.05, 3.63) is 29.8 Å². The zero-order valence-corrected chi connectivity index (χ0v) is 8.73. The maximum absolute atomic E-state index is 10.3. The number of hydrogen-bond donors (Lipinski definition) is 3. The van der Waals surface area contributed by atoms with Gasteiger partial charge >= 0.3 is 15.3 Å². The van der Waals surface area contributed by atoms with E-state index < -0.39 is 15.3 Å². The molecule has 1 aromatic rings. The Morgan fingerprint density at radius 1 is 1.27 bits per heavy atom. The van der Waals surface area contributed by atoms with Gasteiger partial charge in [-0.25, -0.2) is 4.79 Å². The van der Waals surface area contributed by atoms with Gasteiger partial charge in [0.15, 0.2) is 0 Å². The summed E-state index contributed by atoms with van der Waals surface area (Å²) in [5.74, 6) is -1.31. The van der Waals surface area contributed by atoms with E-state index in [2.05, 4.69) is 10.7 Å². The average Bonchev–Trinajstić information content (AvgIpc) is 2.01. The molecule has 0 fully saturated rings. The van der Waals surface area contributed by atoms with Gasteiger partial charge in [0.2, 0.25) is 0 Å². The number of hydrogen-bond acceptors (Lipinski definition) is 4. The van der Waals surface area contributed by atoms with Gasteiger partial charge in [-0.1, -0.05) is 12.1 Å². The van der Waals surface area contributed by atoms with Crippen molar-refractivity contribution in [2.24, 2.45) is 0 Å². The highest BCUT2D eigenvalue weighted by molar-refractivity contribution is 8.09. The van der Waals surface area contributed by atoms with Crippen LogP contribution in [0.1, 0.15) is 10.4 Å². The number of phenols is 1. The van der Waals surface area contributed by atoms with Crippen LogP contribution in [0.25, 0.3) is 0 Å². The van der Waals surface area contributed by atoms with Crippen molar-refractivity contribution in [2.45, 2.75) is 0 Å². The molecule has 0 aliphatic rings. The molecular formula is C7H7ClO6S. The van der Waals surface area contributed by atoms with Gasteiger partial charge in [0.1, 0.15) is 11.3 Å². The van der Waals surface area contributed by atoms with Crippen LogP contribution in [-0.4, -0.2) is 29.2 Å². The number of carbonyl (C=O) groups is 1. The Labute approximate surface area is 90.0 Å². The highest BCUT2D eigenvalue weighted by Crippen LogP contribution is 2.14. The molecule has 8 heteroatoms. The minimum Gasteiger partial charge on any atom is -0.507 e. The van der Waals surface area contributed by atoms with Crippen LogP contribution >= 0.6 is 10.7 Å². The predicted octanol–water partition coefficient (Wildman–Crippen LogP) is 1.12. The molecule has 6 nitrogen and oxygen atoms in total. The van der Waals surface area contributed by atoms with Gasteiger partial charge in [0.25, 0.3) is 0 Å². The Balaban J connectivity index is 0.000000336. The highest BCUT2D eigenvalue weighted by atomic mass is 35.7. The Hall–Kier alpha value is -1.31. The molecule has 84 valence electrons. The summed E-state index contributed by atoms with van der Waals surface area (Å²) in [6.07, 6.45) is 0. The molecule has 0 unspecified atom stereocenters. The van der Waals surface area contributed by atoms with Crippen molar-refractivity contribution in [2.75, 3.05) is 0 Å². The Morgan fingerprint density at radius 3 is 1.93 bits per heavy atom. The second kappa shape index (κ2) is 5.54. The van der Waals surface area contributed by atoms with E-state index in [0.29, 0.717) is 0 Å². The minimum atomic E-state index is -4.19. The third-order valence-corrected chi connectivity index (χ3v) is 1.13. The van der Waals surface area contributed by atoms with Crippen molar-refractivity contribution < 1.29 is 28.0 Å². The number of carboxylic acid groups (broad SMARTS) is 1. The minimum absolute atomic E-state index is 0.0671. The number of para-hydroxylation sites is 1. The van der Waals surface area contributed by atoms with E-state index >= 15 is 0 Å². The van der Waals surface area contributed by atoms with Gasteiger partial charge < -0.3 is 10.2 Å². The highest BCUT2D eigenvalue weighted by Gasteiger charge is 2.05. The summed E-state index contributed by atoms with van der Waals surface area (Å²) in [6, 6.07) is 5.81. The van der Waals surface area contributed by atoms with E-state index in [0.717, 1.165) is 0 Å². The first-order valence-corrected chi connectivity index (χ1v) is 5.67. The molecule has 0 spiro atoms. The van der Waals surface area contributed by atoms with Crippen LogP contribution in [0.3, 0.4) is 0 Å². The first kappa shape index (κ1) is 13.7. The lowest BCUT2D eigenvalue weighted by Gasteiger charge is -1.95. The number of benzene rings is 1. The van der Waals surface area contributed by atoms with Crippen LogP contribution in [0.15, 0.2) is 24.3 Å². The Morgan fingerprint density at radius 2 is 1.67 bits per heavy atom. The van der Waals surface area contributed by atoms with Crippen LogP contribution < -0.4 is 0 Å². The molecule has 15 heavy (non-hydrogen) atoms. The van der Waals surface area contributed by atoms with E-state index in [-0.39, 0.29) is 11.3 Å². The largest absolute Gasteiger partial charge is 0.507 e. The first-order chi connectivity index (χ1) is 6.72. The monoisotopic (exact) mass is 254 g/mol. The van der Waals surface area contributed by atoms with Crippen LogP contribution in [-0.2, 0) is 9.33 Å². The Bertz CT molecular complexity index is 433. The normalized spacial score (nSPS) is 10.0. The Kier molecular flexibility index (Phi) is 5.06. The van der Waals surface area contributed by atoms with Gasteiger partial charge in [0.05, 0.1) is 0 Å². The third-order valence-electron chi connectivity index (χ3n) is 1.13. The van der Waals surface area contributed by atoms with Crippen molar-refractivity contribution in [1.29, 1.82) is 0 Å². The SMILES string of the molecule is O=C(O)c1ccccc1O.O=S(=O)(O)Cl. The standard InChI is InChI=1S/C7H6O3.ClHO3S/c8-6-4-2-1-3-5(6)7(9)10;1-5(2,3)4/h1-4,8H,(H,9,10);(H,2,3,4). The lowest BCUT2D eigenvalue weighted by atomic mass is 10.2. The summed E-state index contributed by atoms with van der Waals surface area (Å²) >= 11 is 0. The number of halogens is 1. The first-order valence-electron chi connectivity index (χ1n) is 3.40. The fourth-order valence-corrected chi connectivity index (χ4v) is 0.654. The molecule has 0 saturated carbocycles. The molecule has 1 rings (SSSR count). The van der Waals surface area contributed by atoms with Crippen molar-refractivity contribution in [3.63, 3.8) is 0 Å². The molecule has 0 aliphatic heterocycles. The van der Waals surface area contributed by atoms with Crippen LogP contribution in [0, 0.1) is 0 Å². The molecule has 0 saturated heterocycles. The smallest absolute Gasteiger partial charge is 0.353 e. The summed E-state index contributed by atoms with van der Waals surface area (Å²) in [4.78, 5) is 10.3. The summed E-state index contributed by atoms with van der Waals surface area (Å²) in [5, 5.41) is 17.3. The summed E-state index contributed by atoms with van der Waals surface area (Å²) in [6.45, 7) is 0. The molecule has 0 bridgehead atoms. The number of aromatic hydroxyl groups is 1. The molecule has 1 aromatic carbocycles. The molecule has 0 aromatic heterocycles. The van der Waals surface area contributed by atoms with Gasteiger partial charge in [-0.3, -0.25) is 4.55 Å². The third kappa shape index (κ3) is 7.74. The molecular weight excluding hydrogens is 248 g/mol. The maximum Gasteiger partial charge on any atom is 0.353 e. The van der Waals surface area contributed by atoms with E-state index in [1.54, 1.807) is 12.1 Å². The number of rotatable bonds is 1. The van der Waals surface area contributed by atoms with Crippen LogP contribution in [0.5, 0.6) is 5.75 Å². The molecule has 3 N–H and O–H groups in total. The van der Waals surface area contributed by atoms with Gasteiger partial charge in [0, 0.05) is 10.7 Å². The van der Waals surface area contributed by atoms with Crippen molar-refractivity contribution in [1.82, 2.24) is 0 Å². The number of aromatic carboxylic acids is 1. The van der Waals surface area contributed by atoms with Gasteiger partial charge in [-0.15, -0.1) is 0 Å². The molecule has 0 heterocycles. The fourth-order valence-electron chi connectivity index (χ4n) is 0.654. The zero-order chi connectivity index (χ0) is 12.1. The molecule has 0 aliphatic carbocycles. The predicted molar refractivity (Wildman–Crippen MR) is 52.5 cm³/mol. The fraction of sp³-hybridized carbons (Fsp3) is 0. The quantitative estimate of drug-likeness (QED) is 0.511. The van der Waals surface area contributed by atoms with Crippen LogP contribution in [0.4, 0.5) is 0 Å². The molecule has 0 radical (unpaired) electrons. The lowest BCUT2D eigenvalue weighted by molar-refractivity contribution is 0.0693. The van der Waals surface area contributed by atoms with E-state index in [4.69, 9.17) is 23.2 Å². The summed E-state index contributed by atoms with van der Waals surface area (Å²) in [5.41, 5.74) is -0.0671. The van der Waals surface area contributed by atoms with Crippen LogP contribution in [0.2, 0.25) is 0 Å². The summed E-state index contributed by atoms with van der Waals surface area (Å²) < 4.78 is 25.2. The van der Waals surface area contributed by atoms with Gasteiger partial charge in [-0.2, -0.15) is 8.42 Å². The average molecular weight is 255 g/mol. The maximum atomic E-state index is 10.3. The number of carboxylic acids is 1.